The zero-order chi connectivity index (χ0) is 22.4. The van der Waals surface area contributed by atoms with E-state index in [1.54, 1.807) is 36.4 Å². The molecule has 3 rings (SSSR count). The summed E-state index contributed by atoms with van der Waals surface area (Å²) in [7, 11) is 2.67. The lowest BCUT2D eigenvalue weighted by Gasteiger charge is -2.12. The summed E-state index contributed by atoms with van der Waals surface area (Å²) in [6, 6.07) is 14.3. The van der Waals surface area contributed by atoms with Crippen LogP contribution in [-0.4, -0.2) is 42.8 Å². The Balaban J connectivity index is 1.77. The van der Waals surface area contributed by atoms with Gasteiger partial charge in [0.15, 0.2) is 11.5 Å². The Hall–Kier alpha value is -3.77. The number of hydrogen-bond acceptors (Lipinski definition) is 8. The Morgan fingerprint density at radius 2 is 1.94 bits per heavy atom. The molecule has 0 unspecified atom stereocenters. The van der Waals surface area contributed by atoms with Gasteiger partial charge in [0.2, 0.25) is 0 Å². The largest absolute Gasteiger partial charge is 0.493 e. The van der Waals surface area contributed by atoms with Crippen molar-refractivity contribution in [2.24, 2.45) is 0 Å². The lowest BCUT2D eigenvalue weighted by Crippen LogP contribution is -2.34. The maximum Gasteiger partial charge on any atom is 0.325 e. The van der Waals surface area contributed by atoms with Crippen LogP contribution < -0.4 is 9.47 Å². The van der Waals surface area contributed by atoms with Gasteiger partial charge in [0.05, 0.1) is 30.8 Å². The van der Waals surface area contributed by atoms with Crippen LogP contribution >= 0.6 is 11.8 Å². The van der Waals surface area contributed by atoms with Crippen molar-refractivity contribution in [2.75, 3.05) is 20.8 Å². The van der Waals surface area contributed by atoms with Crippen molar-refractivity contribution in [3.8, 4) is 17.6 Å². The van der Waals surface area contributed by atoms with E-state index in [0.29, 0.717) is 22.6 Å². The Bertz CT molecular complexity index is 1110. The van der Waals surface area contributed by atoms with Crippen molar-refractivity contribution in [1.82, 2.24) is 4.90 Å². The normalized spacial score (nSPS) is 14.5. The molecule has 0 saturated carbocycles. The first-order chi connectivity index (χ1) is 15.0. The van der Waals surface area contributed by atoms with E-state index >= 15 is 0 Å². The predicted octanol–water partition coefficient (Wildman–Crippen LogP) is 3.36. The van der Waals surface area contributed by atoms with Crippen LogP contribution in [0.1, 0.15) is 16.7 Å². The zero-order valence-corrected chi connectivity index (χ0v) is 17.6. The summed E-state index contributed by atoms with van der Waals surface area (Å²) in [6.07, 6.45) is 1.54. The number of benzene rings is 2. The fraction of sp³-hybridized carbons (Fsp3) is 0.182. The number of thioether (sulfide) groups is 1. The molecule has 0 bridgehead atoms. The number of hydrogen-bond donors (Lipinski definition) is 0. The van der Waals surface area contributed by atoms with Crippen LogP contribution in [0.4, 0.5) is 4.79 Å². The summed E-state index contributed by atoms with van der Waals surface area (Å²) in [5, 5.41) is 8.65. The van der Waals surface area contributed by atoms with Gasteiger partial charge in [0.25, 0.3) is 11.1 Å². The summed E-state index contributed by atoms with van der Waals surface area (Å²) in [5.41, 5.74) is 1.89. The Kier molecular flexibility index (Phi) is 6.95. The highest BCUT2D eigenvalue weighted by Gasteiger charge is 2.36. The first-order valence-electron chi connectivity index (χ1n) is 9.08. The number of carbonyl (C=O) groups is 3. The summed E-state index contributed by atoms with van der Waals surface area (Å²) in [4.78, 5) is 36.9. The Labute approximate surface area is 183 Å². The maximum atomic E-state index is 12.4. The standard InChI is InChI=1S/C22H18N2O6S/c1-28-18-9-14(10-19-21(26)24(22(27)31-19)12-20(25)29-2)7-8-17(18)30-13-16-6-4-3-5-15(16)11-23/h3-10H,12-13H2,1-2H3. The number of imide groups is 1. The SMILES string of the molecule is COC(=O)CN1C(=O)SC(=Cc2ccc(OCc3ccccc3C#N)c(OC)c2)C1=O. The smallest absolute Gasteiger partial charge is 0.325 e. The van der Waals surface area contributed by atoms with E-state index in [-0.39, 0.29) is 11.5 Å². The molecule has 2 aromatic rings. The van der Waals surface area contributed by atoms with Crippen LogP contribution in [-0.2, 0) is 20.9 Å². The second-order valence-electron chi connectivity index (χ2n) is 6.31. The number of carbonyl (C=O) groups excluding carboxylic acids is 3. The molecule has 0 aliphatic carbocycles. The third-order valence-corrected chi connectivity index (χ3v) is 5.30. The molecule has 1 saturated heterocycles. The second kappa shape index (κ2) is 9.82. The van der Waals surface area contributed by atoms with Crippen molar-refractivity contribution in [3.63, 3.8) is 0 Å². The Morgan fingerprint density at radius 3 is 2.65 bits per heavy atom. The molecule has 2 aromatic carbocycles. The highest BCUT2D eigenvalue weighted by Crippen LogP contribution is 2.34. The molecule has 9 heteroatoms. The molecule has 0 N–H and O–H groups in total. The third-order valence-electron chi connectivity index (χ3n) is 4.39. The van der Waals surface area contributed by atoms with Gasteiger partial charge in [-0.05, 0) is 41.6 Å². The summed E-state index contributed by atoms with van der Waals surface area (Å²) < 4.78 is 15.7. The molecule has 1 heterocycles. The molecule has 158 valence electrons. The number of nitrogens with zero attached hydrogens (tertiary/aromatic N) is 2. The van der Waals surface area contributed by atoms with Gasteiger partial charge in [-0.2, -0.15) is 5.26 Å². The van der Waals surface area contributed by atoms with Crippen molar-refractivity contribution in [1.29, 1.82) is 5.26 Å². The highest BCUT2D eigenvalue weighted by atomic mass is 32.2. The number of rotatable bonds is 7. The molecule has 2 amide bonds. The minimum Gasteiger partial charge on any atom is -0.493 e. The van der Waals surface area contributed by atoms with Crippen LogP contribution in [0.2, 0.25) is 0 Å². The molecule has 1 aliphatic heterocycles. The summed E-state index contributed by atoms with van der Waals surface area (Å²) >= 11 is 0.746. The van der Waals surface area contributed by atoms with Crippen molar-refractivity contribution in [3.05, 3.63) is 64.1 Å². The van der Waals surface area contributed by atoms with Gasteiger partial charge in [-0.25, -0.2) is 0 Å². The first-order valence-corrected chi connectivity index (χ1v) is 9.89. The molecule has 0 atom stereocenters. The lowest BCUT2D eigenvalue weighted by atomic mass is 10.1. The van der Waals surface area contributed by atoms with Crippen LogP contribution in [0.5, 0.6) is 11.5 Å². The second-order valence-corrected chi connectivity index (χ2v) is 7.31. The van der Waals surface area contributed by atoms with E-state index in [4.69, 9.17) is 9.47 Å². The van der Waals surface area contributed by atoms with Crippen LogP contribution in [0.25, 0.3) is 6.08 Å². The minimum atomic E-state index is -0.676. The lowest BCUT2D eigenvalue weighted by molar-refractivity contribution is -0.143. The molecule has 1 fully saturated rings. The summed E-state index contributed by atoms with van der Waals surface area (Å²) in [5.74, 6) is -0.347. The first kappa shape index (κ1) is 21.9. The van der Waals surface area contributed by atoms with Gasteiger partial charge in [0.1, 0.15) is 13.2 Å². The number of methoxy groups -OCH3 is 2. The van der Waals surface area contributed by atoms with E-state index in [0.717, 1.165) is 22.2 Å². The Morgan fingerprint density at radius 1 is 1.16 bits per heavy atom. The molecule has 0 radical (unpaired) electrons. The summed E-state index contributed by atoms with van der Waals surface area (Å²) in [6.45, 7) is -0.245. The average Bonchev–Trinajstić information content (AvgIpc) is 3.05. The van der Waals surface area contributed by atoms with E-state index < -0.39 is 23.7 Å². The minimum absolute atomic E-state index is 0.186. The van der Waals surface area contributed by atoms with Gasteiger partial charge in [0, 0.05) is 5.56 Å². The van der Waals surface area contributed by atoms with Crippen molar-refractivity contribution in [2.45, 2.75) is 6.61 Å². The monoisotopic (exact) mass is 438 g/mol. The van der Waals surface area contributed by atoms with Gasteiger partial charge in [-0.15, -0.1) is 0 Å². The molecule has 31 heavy (non-hydrogen) atoms. The number of esters is 1. The number of amides is 2. The molecule has 0 aromatic heterocycles. The van der Waals surface area contributed by atoms with Crippen LogP contribution in [0.15, 0.2) is 47.4 Å². The van der Waals surface area contributed by atoms with E-state index in [9.17, 15) is 19.6 Å². The number of ether oxygens (including phenoxy) is 3. The van der Waals surface area contributed by atoms with Crippen LogP contribution in [0, 0.1) is 11.3 Å². The van der Waals surface area contributed by atoms with Gasteiger partial charge < -0.3 is 14.2 Å². The van der Waals surface area contributed by atoms with Crippen molar-refractivity contribution >= 4 is 35.0 Å². The van der Waals surface area contributed by atoms with E-state index in [1.165, 1.54) is 14.2 Å². The highest BCUT2D eigenvalue weighted by molar-refractivity contribution is 8.18. The molecule has 1 aliphatic rings. The molecular formula is C22H18N2O6S. The molecular weight excluding hydrogens is 420 g/mol. The number of nitriles is 1. The van der Waals surface area contributed by atoms with Gasteiger partial charge >= 0.3 is 5.97 Å². The van der Waals surface area contributed by atoms with Gasteiger partial charge in [-0.1, -0.05) is 24.3 Å². The predicted molar refractivity (Wildman–Crippen MR) is 113 cm³/mol. The average molecular weight is 438 g/mol. The maximum absolute atomic E-state index is 12.4. The van der Waals surface area contributed by atoms with Crippen LogP contribution in [0.3, 0.4) is 0 Å². The van der Waals surface area contributed by atoms with Gasteiger partial charge in [-0.3, -0.25) is 19.3 Å². The van der Waals surface area contributed by atoms with E-state index in [2.05, 4.69) is 10.8 Å². The zero-order valence-electron chi connectivity index (χ0n) is 16.8. The topological polar surface area (TPSA) is 106 Å². The fourth-order valence-electron chi connectivity index (χ4n) is 2.79. The quantitative estimate of drug-likeness (QED) is 0.479. The van der Waals surface area contributed by atoms with E-state index in [1.807, 2.05) is 12.1 Å². The third kappa shape index (κ3) is 5.05. The van der Waals surface area contributed by atoms with Crippen molar-refractivity contribution < 1.29 is 28.6 Å². The fourth-order valence-corrected chi connectivity index (χ4v) is 3.62. The molecule has 0 spiro atoms. The molecule has 8 nitrogen and oxygen atoms in total.